The van der Waals surface area contributed by atoms with Crippen molar-refractivity contribution >= 4 is 49.9 Å². The Bertz CT molecular complexity index is 2360. The van der Waals surface area contributed by atoms with Gasteiger partial charge in [-0.05, 0) is 100 Å². The molecular weight excluding hydrogens is 847 g/mol. The molecule has 4 aromatic carbocycles. The van der Waals surface area contributed by atoms with Crippen LogP contribution in [0.5, 0.6) is 0 Å². The first-order valence-corrected chi connectivity index (χ1v) is 19.8. The van der Waals surface area contributed by atoms with Gasteiger partial charge < -0.3 is 5.11 Å². The number of rotatable bonds is 9. The Labute approximate surface area is 344 Å². The summed E-state index contributed by atoms with van der Waals surface area (Å²) in [5, 5.41) is 15.5. The van der Waals surface area contributed by atoms with E-state index in [2.05, 4.69) is 71.9 Å². The number of aliphatic hydroxyl groups excluding tert-OH is 1. The molecule has 1 N–H and O–H groups in total. The van der Waals surface area contributed by atoms with E-state index in [4.69, 9.17) is 11.8 Å². The molecule has 5 heteroatoms. The van der Waals surface area contributed by atoms with Crippen molar-refractivity contribution in [1.29, 1.82) is 0 Å². The molecule has 1 aliphatic heterocycles. The van der Waals surface area contributed by atoms with Gasteiger partial charge in [0.15, 0.2) is 5.78 Å². The molecule has 2 heterocycles. The average molecular weight is 912 g/mol. The Hall–Kier alpha value is -2.98. The van der Waals surface area contributed by atoms with E-state index in [0.717, 1.165) is 91.8 Å². The average Bonchev–Trinajstić information content (AvgIpc) is 3.12. The van der Waals surface area contributed by atoms with Crippen LogP contribution in [-0.4, -0.2) is 15.9 Å². The summed E-state index contributed by atoms with van der Waals surface area (Å²) in [6.07, 6.45) is 6.45. The van der Waals surface area contributed by atoms with Crippen LogP contribution >= 0.6 is 11.8 Å². The molecule has 285 valence electrons. The number of aromatic nitrogens is 1. The molecule has 1 aromatic heterocycles. The first kappa shape index (κ1) is 35.7. The summed E-state index contributed by atoms with van der Waals surface area (Å²) in [5.74, 6) is 0.366. The van der Waals surface area contributed by atoms with Crippen molar-refractivity contribution in [2.75, 3.05) is 0 Å². The number of pyridine rings is 1. The van der Waals surface area contributed by atoms with Crippen molar-refractivity contribution in [3.05, 3.63) is 89.3 Å². The molecule has 0 saturated carbocycles. The normalized spacial score (nSPS) is 14.8. The first-order chi connectivity index (χ1) is 26.5. The number of fused-ring (bicyclic) bond motifs is 5. The van der Waals surface area contributed by atoms with Gasteiger partial charge in [-0.1, -0.05) is 129 Å². The third kappa shape index (κ3) is 9.29. The Balaban J connectivity index is 0.000000374. The molecule has 0 unspecified atom stereocenters. The van der Waals surface area contributed by atoms with E-state index in [1.54, 1.807) is 23.9 Å². The van der Waals surface area contributed by atoms with Crippen molar-refractivity contribution < 1.29 is 36.9 Å². The molecule has 5 aromatic rings. The molecule has 53 heavy (non-hydrogen) atoms. The zero-order valence-corrected chi connectivity index (χ0v) is 36.7. The zero-order valence-electron chi connectivity index (χ0n) is 38.5. The number of aryl methyl sites for hydroxylation is 1. The topological polar surface area (TPSA) is 50.2 Å². The summed E-state index contributed by atoms with van der Waals surface area (Å²) in [4.78, 5) is 18.7. The number of benzene rings is 4. The standard InChI is InChI=1S/C34H34NS.C14H26O2.Ir/c1-20-11-12-23-22(15-20)16-27-31-30-25(13-14-35-31)24-10-8-9-21(18-33(2,3)4)26(24)17-29(30)36-32(27)28(23)19-34(5,6)7;1-6-11(7-2)12(15)10-13(16)14(5,8-3)9-4;/h8-15,17H,18-19H2,1-7H3;10-11,16H,6-9H2,1-5H3;/q-1;;/b;13-10-;/i1D3,13D,14D;;. The van der Waals surface area contributed by atoms with Gasteiger partial charge in [0.25, 0.3) is 0 Å². The predicted octanol–water partition coefficient (Wildman–Crippen LogP) is 14.2. The second-order valence-corrected chi connectivity index (χ2v) is 18.2. The van der Waals surface area contributed by atoms with Crippen molar-refractivity contribution in [3.8, 4) is 11.3 Å². The van der Waals surface area contributed by atoms with Gasteiger partial charge in [-0.25, -0.2) is 0 Å². The van der Waals surface area contributed by atoms with E-state index in [1.165, 1.54) is 11.6 Å². The molecule has 1 radical (unpaired) electrons. The maximum atomic E-state index is 11.9. The van der Waals surface area contributed by atoms with Crippen LogP contribution in [0.25, 0.3) is 43.6 Å². The number of allylic oxidation sites excluding steroid dienone is 2. The number of carbonyl (C=O) groups excluding carboxylic acids is 1. The summed E-state index contributed by atoms with van der Waals surface area (Å²) in [7, 11) is 0. The fraction of sp³-hybridized carbons (Fsp3) is 0.458. The monoisotopic (exact) mass is 912 g/mol. The van der Waals surface area contributed by atoms with E-state index in [1.807, 2.05) is 40.7 Å². The molecule has 0 bridgehead atoms. The molecule has 3 nitrogen and oxygen atoms in total. The largest absolute Gasteiger partial charge is 0.512 e. The Morgan fingerprint density at radius 2 is 1.60 bits per heavy atom. The van der Waals surface area contributed by atoms with Crippen molar-refractivity contribution in [2.45, 2.75) is 131 Å². The van der Waals surface area contributed by atoms with E-state index >= 15 is 0 Å². The van der Waals surface area contributed by atoms with Gasteiger partial charge in [-0.2, -0.15) is 0 Å². The summed E-state index contributed by atoms with van der Waals surface area (Å²) in [6, 6.07) is 17.6. The molecule has 1 aliphatic rings. The molecule has 6 rings (SSSR count). The van der Waals surface area contributed by atoms with Crippen molar-refractivity contribution in [3.63, 3.8) is 0 Å². The number of aliphatic hydroxyl groups is 1. The first-order valence-electron chi connectivity index (χ1n) is 21.5. The van der Waals surface area contributed by atoms with Gasteiger partial charge >= 0.3 is 0 Å². The van der Waals surface area contributed by atoms with Crippen LogP contribution in [0, 0.1) is 35.1 Å². The second-order valence-electron chi connectivity index (χ2n) is 17.2. The van der Waals surface area contributed by atoms with Crippen LogP contribution in [0.2, 0.25) is 0 Å². The van der Waals surface area contributed by atoms with Crippen LogP contribution < -0.4 is 0 Å². The van der Waals surface area contributed by atoms with Crippen LogP contribution in [0.15, 0.2) is 76.3 Å². The van der Waals surface area contributed by atoms with E-state index in [9.17, 15) is 9.90 Å². The second kappa shape index (κ2) is 16.8. The van der Waals surface area contributed by atoms with Gasteiger partial charge in [-0.15, -0.1) is 29.3 Å². The van der Waals surface area contributed by atoms with Gasteiger partial charge in [0, 0.05) is 58.4 Å². The van der Waals surface area contributed by atoms with Crippen molar-refractivity contribution in [1.82, 2.24) is 4.98 Å². The van der Waals surface area contributed by atoms with Crippen LogP contribution in [0.4, 0.5) is 0 Å². The smallest absolute Gasteiger partial charge is 0.162 e. The maximum Gasteiger partial charge on any atom is 0.162 e. The molecule has 0 atom stereocenters. The third-order valence-corrected chi connectivity index (χ3v) is 11.8. The SMILES string of the molecule is CCC(CC)C(=O)/C=C(\O)C(C)(CC)CC.[2H]c1nc2c3c(cc4c(CC(C)(C)C)cccc4c3c1[2H])Sc1c-2[c-]c2cc(C([2H])([2H])[2H])ccc2c1CC(C)(C)C.[Ir]. The van der Waals surface area contributed by atoms with E-state index in [0.29, 0.717) is 5.69 Å². The minimum atomic E-state index is -2.22. The minimum absolute atomic E-state index is 0. The Morgan fingerprint density at radius 3 is 2.21 bits per heavy atom. The van der Waals surface area contributed by atoms with E-state index in [-0.39, 0.29) is 71.6 Å². The number of carbonyl (C=O) groups is 1. The summed E-state index contributed by atoms with van der Waals surface area (Å²) < 4.78 is 41.6. The predicted molar refractivity (Wildman–Crippen MR) is 225 cm³/mol. The Morgan fingerprint density at radius 1 is 0.925 bits per heavy atom. The molecule has 0 spiro atoms. The molecular formula is C48H60IrNO2S-. The van der Waals surface area contributed by atoms with Crippen LogP contribution in [0.3, 0.4) is 0 Å². The van der Waals surface area contributed by atoms with Crippen LogP contribution in [0.1, 0.15) is 125 Å². The fourth-order valence-electron chi connectivity index (χ4n) is 7.21. The van der Waals surface area contributed by atoms with Gasteiger partial charge in [-0.3, -0.25) is 9.78 Å². The summed E-state index contributed by atoms with van der Waals surface area (Å²) >= 11 is 1.70. The zero-order chi connectivity index (χ0) is 42.4. The summed E-state index contributed by atoms with van der Waals surface area (Å²) in [5.41, 5.74) is 3.93. The number of hydrogen-bond donors (Lipinski definition) is 1. The van der Waals surface area contributed by atoms with Gasteiger partial charge in [0.2, 0.25) is 0 Å². The van der Waals surface area contributed by atoms with E-state index < -0.39 is 6.85 Å². The van der Waals surface area contributed by atoms with Gasteiger partial charge in [0.1, 0.15) is 5.76 Å². The molecule has 0 saturated heterocycles. The number of hydrogen-bond acceptors (Lipinski definition) is 4. The number of nitrogens with zero attached hydrogens (tertiary/aromatic N) is 1. The quantitative estimate of drug-likeness (QED) is 0.0680. The fourth-order valence-corrected chi connectivity index (χ4v) is 8.46. The maximum absolute atomic E-state index is 11.9. The van der Waals surface area contributed by atoms with Crippen molar-refractivity contribution in [2.24, 2.45) is 22.2 Å². The molecule has 0 fully saturated rings. The minimum Gasteiger partial charge on any atom is -0.512 e. The summed E-state index contributed by atoms with van der Waals surface area (Å²) in [6.45, 7) is 21.2. The molecule has 0 amide bonds. The Kier molecular flexibility index (Phi) is 11.3. The molecule has 0 aliphatic carbocycles. The number of ketones is 1. The van der Waals surface area contributed by atoms with Gasteiger partial charge in [0.05, 0.1) is 2.74 Å². The third-order valence-electron chi connectivity index (χ3n) is 10.7. The van der Waals surface area contributed by atoms with Crippen LogP contribution in [-0.2, 0) is 37.7 Å².